The van der Waals surface area contributed by atoms with Gasteiger partial charge in [-0.05, 0) is 39.6 Å². The van der Waals surface area contributed by atoms with E-state index >= 15 is 0 Å². The van der Waals surface area contributed by atoms with E-state index < -0.39 is 30.0 Å². The number of hydrogen-bond acceptors (Lipinski definition) is 6. The molecule has 7 rings (SSSR count). The predicted octanol–water partition coefficient (Wildman–Crippen LogP) is 9.84. The highest BCUT2D eigenvalue weighted by molar-refractivity contribution is 7.99. The lowest BCUT2D eigenvalue weighted by atomic mass is 9.80. The molecule has 53 heavy (non-hydrogen) atoms. The molecule has 5 atom stereocenters. The first-order valence-electron chi connectivity index (χ1n) is 18.2. The van der Waals surface area contributed by atoms with Crippen molar-refractivity contribution < 1.29 is 23.7 Å². The Labute approximate surface area is 317 Å². The summed E-state index contributed by atoms with van der Waals surface area (Å²) in [4.78, 5) is 0. The Hall–Kier alpha value is -4.53. The van der Waals surface area contributed by atoms with E-state index in [1.54, 1.807) is 11.8 Å². The molecule has 270 valence electrons. The van der Waals surface area contributed by atoms with Crippen LogP contribution in [0, 0.1) is 0 Å². The maximum atomic E-state index is 7.37. The highest BCUT2D eigenvalue weighted by atomic mass is 32.2. The summed E-state index contributed by atoms with van der Waals surface area (Å²) in [7, 11) is 0. The van der Waals surface area contributed by atoms with Gasteiger partial charge in [-0.1, -0.05) is 182 Å². The highest BCUT2D eigenvalue weighted by Crippen LogP contribution is 2.42. The lowest BCUT2D eigenvalue weighted by Gasteiger charge is -2.47. The van der Waals surface area contributed by atoms with Gasteiger partial charge in [0.25, 0.3) is 0 Å². The van der Waals surface area contributed by atoms with E-state index in [0.29, 0.717) is 19.8 Å². The molecule has 5 nitrogen and oxygen atoms in total. The second-order valence-electron chi connectivity index (χ2n) is 13.2. The van der Waals surface area contributed by atoms with Crippen LogP contribution < -0.4 is 0 Å². The largest absolute Gasteiger partial charge is 0.368 e. The van der Waals surface area contributed by atoms with Crippen molar-refractivity contribution >= 4 is 11.8 Å². The van der Waals surface area contributed by atoms with Gasteiger partial charge >= 0.3 is 0 Å². The number of thioether (sulfide) groups is 1. The van der Waals surface area contributed by atoms with E-state index in [2.05, 4.69) is 115 Å². The number of rotatable bonds is 16. The van der Waals surface area contributed by atoms with Crippen LogP contribution in [0.25, 0.3) is 0 Å². The Kier molecular flexibility index (Phi) is 12.8. The summed E-state index contributed by atoms with van der Waals surface area (Å²) in [5.41, 5.74) is 5.03. The molecule has 0 radical (unpaired) electrons. The molecular weight excluding hydrogens is 677 g/mol. The normalized spacial score (nSPS) is 20.2. The van der Waals surface area contributed by atoms with Crippen LogP contribution in [0.15, 0.2) is 182 Å². The lowest BCUT2D eigenvalue weighted by Crippen LogP contribution is -2.60. The monoisotopic (exact) mass is 722 g/mol. The van der Waals surface area contributed by atoms with E-state index in [0.717, 1.165) is 33.4 Å². The first kappa shape index (κ1) is 36.8. The lowest BCUT2D eigenvalue weighted by molar-refractivity contribution is -0.257. The molecule has 0 spiro atoms. The Morgan fingerprint density at radius 2 is 0.792 bits per heavy atom. The summed E-state index contributed by atoms with van der Waals surface area (Å²) in [5, 5.41) is 0. The fourth-order valence-electron chi connectivity index (χ4n) is 7.05. The van der Waals surface area contributed by atoms with Crippen LogP contribution in [0.2, 0.25) is 0 Å². The summed E-state index contributed by atoms with van der Waals surface area (Å²) in [5.74, 6) is 0. The van der Waals surface area contributed by atoms with Crippen molar-refractivity contribution in [2.45, 2.75) is 55.3 Å². The fraction of sp³-hybridized carbons (Fsp3) is 0.234. The van der Waals surface area contributed by atoms with Crippen molar-refractivity contribution in [3.05, 3.63) is 215 Å². The molecule has 0 aliphatic carbocycles. The van der Waals surface area contributed by atoms with Gasteiger partial charge in [0.05, 0.1) is 26.4 Å². The summed E-state index contributed by atoms with van der Waals surface area (Å²) in [6.07, 6.45) is 0.144. The van der Waals surface area contributed by atoms with E-state index in [1.807, 2.05) is 72.8 Å². The second kappa shape index (κ2) is 18.5. The fourth-order valence-corrected chi connectivity index (χ4v) is 7.80. The van der Waals surface area contributed by atoms with Crippen LogP contribution >= 0.6 is 11.8 Å². The van der Waals surface area contributed by atoms with Crippen LogP contribution in [-0.4, -0.2) is 42.7 Å². The molecule has 0 saturated carbocycles. The maximum absolute atomic E-state index is 7.37. The Morgan fingerprint density at radius 1 is 0.453 bits per heavy atom. The maximum Gasteiger partial charge on any atom is 0.143 e. The zero-order chi connectivity index (χ0) is 36.1. The second-order valence-corrected chi connectivity index (χ2v) is 14.1. The average Bonchev–Trinajstić information content (AvgIpc) is 3.24. The van der Waals surface area contributed by atoms with Gasteiger partial charge in [0.15, 0.2) is 0 Å². The summed E-state index contributed by atoms with van der Waals surface area (Å²) in [6, 6.07) is 62.0. The summed E-state index contributed by atoms with van der Waals surface area (Å²) in [6.45, 7) is 1.43. The molecule has 0 N–H and O–H groups in total. The molecule has 1 fully saturated rings. The minimum atomic E-state index is -0.924. The van der Waals surface area contributed by atoms with Crippen LogP contribution in [0.4, 0.5) is 0 Å². The van der Waals surface area contributed by atoms with E-state index in [9.17, 15) is 0 Å². The zero-order valence-electron chi connectivity index (χ0n) is 30.0. The van der Waals surface area contributed by atoms with Crippen molar-refractivity contribution in [2.24, 2.45) is 0 Å². The first-order valence-corrected chi connectivity index (χ1v) is 19.5. The number of ether oxygens (including phenoxy) is 5. The third kappa shape index (κ3) is 8.99. The zero-order valence-corrected chi connectivity index (χ0v) is 30.8. The topological polar surface area (TPSA) is 46.2 Å². The van der Waals surface area contributed by atoms with Crippen molar-refractivity contribution in [1.29, 1.82) is 0 Å². The number of hydrogen-bond donors (Lipinski definition) is 0. The van der Waals surface area contributed by atoms with E-state index in [4.69, 9.17) is 23.7 Å². The van der Waals surface area contributed by atoms with Gasteiger partial charge in [-0.15, -0.1) is 11.8 Å². The molecule has 1 heterocycles. The van der Waals surface area contributed by atoms with Gasteiger partial charge in [0, 0.05) is 0 Å². The summed E-state index contributed by atoms with van der Waals surface area (Å²) < 4.78 is 35.0. The van der Waals surface area contributed by atoms with Gasteiger partial charge in [0.1, 0.15) is 35.5 Å². The third-order valence-electron chi connectivity index (χ3n) is 9.68. The molecule has 1 aliphatic heterocycles. The molecule has 6 aromatic rings. The predicted molar refractivity (Wildman–Crippen MR) is 212 cm³/mol. The molecule has 6 heteroatoms. The van der Waals surface area contributed by atoms with Crippen molar-refractivity contribution in [2.75, 3.05) is 12.9 Å². The Morgan fingerprint density at radius 3 is 1.17 bits per heavy atom. The van der Waals surface area contributed by atoms with Gasteiger partial charge in [-0.2, -0.15) is 0 Å². The Balaban J connectivity index is 1.27. The quantitative estimate of drug-likeness (QED) is 0.0928. The molecule has 0 amide bonds. The van der Waals surface area contributed by atoms with Crippen LogP contribution in [0.5, 0.6) is 0 Å². The highest BCUT2D eigenvalue weighted by Gasteiger charge is 2.49. The minimum Gasteiger partial charge on any atom is -0.368 e. The van der Waals surface area contributed by atoms with Gasteiger partial charge < -0.3 is 23.7 Å². The van der Waals surface area contributed by atoms with Gasteiger partial charge in [-0.3, -0.25) is 0 Å². The molecule has 1 saturated heterocycles. The third-order valence-corrected chi connectivity index (χ3v) is 10.5. The number of benzene rings is 6. The Bertz CT molecular complexity index is 1820. The molecule has 0 bridgehead atoms. The molecule has 0 aromatic heterocycles. The standard InChI is InChI=1S/C47H46O5S/c1-53-46-45(50-34-38-24-12-4-13-25-38)44(49-33-37-22-10-3-11-23-37)43(48-32-36-20-8-2-9-21-36)42(52-46)35-51-47(39-26-14-5-15-27-39,40-28-16-6-17-29-40)41-30-18-7-19-31-41/h2-31,42-46H,32-35H2,1H3/t42-,43-,44+,45-,46+/m1/s1. The average molecular weight is 723 g/mol. The summed E-state index contributed by atoms with van der Waals surface area (Å²) >= 11 is 1.62. The first-order chi connectivity index (χ1) is 26.2. The molecule has 6 aromatic carbocycles. The van der Waals surface area contributed by atoms with Crippen molar-refractivity contribution in [3.8, 4) is 0 Å². The minimum absolute atomic E-state index is 0.228. The van der Waals surface area contributed by atoms with Gasteiger partial charge in [-0.25, -0.2) is 0 Å². The molecule has 0 unspecified atom stereocenters. The van der Waals surface area contributed by atoms with E-state index in [-0.39, 0.29) is 12.0 Å². The van der Waals surface area contributed by atoms with Gasteiger partial charge in [0.2, 0.25) is 0 Å². The van der Waals surface area contributed by atoms with Crippen molar-refractivity contribution in [1.82, 2.24) is 0 Å². The van der Waals surface area contributed by atoms with Crippen LogP contribution in [-0.2, 0) is 49.1 Å². The SMILES string of the molecule is CS[C@@H]1O[C@H](COC(c2ccccc2)(c2ccccc2)c2ccccc2)[C@@H](OCc2ccccc2)[C@H](OCc2ccccc2)[C@H]1OCc1ccccc1. The molecule has 1 aliphatic rings. The van der Waals surface area contributed by atoms with E-state index in [1.165, 1.54) is 0 Å². The van der Waals surface area contributed by atoms with Crippen LogP contribution in [0.3, 0.4) is 0 Å². The van der Waals surface area contributed by atoms with Crippen LogP contribution in [0.1, 0.15) is 33.4 Å². The molecular formula is C47H46O5S. The van der Waals surface area contributed by atoms with Crippen molar-refractivity contribution in [3.63, 3.8) is 0 Å². The smallest absolute Gasteiger partial charge is 0.143 e.